The number of pyridine rings is 1. The number of benzene rings is 1. The van der Waals surface area contributed by atoms with Crippen LogP contribution in [0.4, 0.5) is 5.82 Å². The maximum atomic E-state index is 12.7. The first kappa shape index (κ1) is 27.7. The third-order valence-electron chi connectivity index (χ3n) is 6.37. The van der Waals surface area contributed by atoms with Gasteiger partial charge in [-0.3, -0.25) is 4.79 Å². The van der Waals surface area contributed by atoms with Gasteiger partial charge in [-0.15, -0.1) is 0 Å². The van der Waals surface area contributed by atoms with Crippen molar-refractivity contribution in [1.82, 2.24) is 20.1 Å². The van der Waals surface area contributed by atoms with E-state index in [9.17, 15) is 4.79 Å². The summed E-state index contributed by atoms with van der Waals surface area (Å²) in [6.07, 6.45) is 1.87. The van der Waals surface area contributed by atoms with Gasteiger partial charge in [0.25, 0.3) is 5.91 Å². The number of rotatable bonds is 12. The quantitative estimate of drug-likeness (QED) is 0.481. The number of likely N-dealkylation sites (N-methyl/N-ethyl adjacent to an activating group) is 1. The molecule has 1 aliphatic rings. The third kappa shape index (κ3) is 7.58. The number of ether oxygens (including phenoxy) is 2. The smallest absolute Gasteiger partial charge is 0.260 e. The summed E-state index contributed by atoms with van der Waals surface area (Å²) in [6, 6.07) is 10.3. The van der Waals surface area contributed by atoms with E-state index in [-0.39, 0.29) is 24.6 Å². The fraction of sp³-hybridized carbons (Fsp3) is 0.571. The van der Waals surface area contributed by atoms with Crippen molar-refractivity contribution in [1.29, 1.82) is 0 Å². The number of piperazine rings is 1. The van der Waals surface area contributed by atoms with E-state index in [0.717, 1.165) is 44.1 Å². The van der Waals surface area contributed by atoms with Gasteiger partial charge in [0.15, 0.2) is 18.1 Å². The Balaban J connectivity index is 1.60. The van der Waals surface area contributed by atoms with Crippen LogP contribution in [0.25, 0.3) is 0 Å². The van der Waals surface area contributed by atoms with E-state index in [2.05, 4.69) is 33.2 Å². The van der Waals surface area contributed by atoms with Crippen LogP contribution in [0.2, 0.25) is 0 Å². The van der Waals surface area contributed by atoms with Crippen molar-refractivity contribution in [3.63, 3.8) is 0 Å². The van der Waals surface area contributed by atoms with Crippen molar-refractivity contribution in [3.05, 3.63) is 47.7 Å². The molecule has 1 aromatic carbocycles. The number of hydrogen-bond donors (Lipinski definition) is 1. The molecular weight excluding hydrogens is 454 g/mol. The maximum absolute atomic E-state index is 12.7. The van der Waals surface area contributed by atoms with Gasteiger partial charge in [0, 0.05) is 63.1 Å². The first-order valence-electron chi connectivity index (χ1n) is 13.1. The summed E-state index contributed by atoms with van der Waals surface area (Å²) in [5.74, 6) is 2.29. The maximum Gasteiger partial charge on any atom is 0.260 e. The highest BCUT2D eigenvalue weighted by atomic mass is 16.5. The SMILES string of the molecule is CCOc1cc(CNCc2cccnc2N2CCN(C)CC2)ccc1OCC(=O)N(C(C)C)C(C)C. The van der Waals surface area contributed by atoms with Crippen LogP contribution in [0.3, 0.4) is 0 Å². The lowest BCUT2D eigenvalue weighted by molar-refractivity contribution is -0.137. The number of amides is 1. The molecule has 1 aromatic heterocycles. The number of aromatic nitrogens is 1. The van der Waals surface area contributed by atoms with Crippen LogP contribution in [0.15, 0.2) is 36.5 Å². The highest BCUT2D eigenvalue weighted by Crippen LogP contribution is 2.29. The molecule has 0 radical (unpaired) electrons. The van der Waals surface area contributed by atoms with Crippen LogP contribution >= 0.6 is 0 Å². The first-order valence-corrected chi connectivity index (χ1v) is 13.1. The Kier molecular flexibility index (Phi) is 10.4. The summed E-state index contributed by atoms with van der Waals surface area (Å²) in [4.78, 5) is 23.9. The molecule has 2 aromatic rings. The molecular formula is C28H43N5O3. The molecule has 3 rings (SSSR count). The molecule has 0 bridgehead atoms. The second-order valence-electron chi connectivity index (χ2n) is 9.87. The Labute approximate surface area is 216 Å². The summed E-state index contributed by atoms with van der Waals surface area (Å²) in [6.45, 7) is 16.0. The predicted octanol–water partition coefficient (Wildman–Crippen LogP) is 3.55. The molecule has 198 valence electrons. The largest absolute Gasteiger partial charge is 0.490 e. The molecule has 1 aliphatic heterocycles. The zero-order valence-corrected chi connectivity index (χ0v) is 22.8. The number of carbonyl (C=O) groups is 1. The lowest BCUT2D eigenvalue weighted by Gasteiger charge is -2.34. The van der Waals surface area contributed by atoms with Gasteiger partial charge in [-0.05, 0) is 65.4 Å². The minimum Gasteiger partial charge on any atom is -0.490 e. The second-order valence-corrected chi connectivity index (χ2v) is 9.87. The van der Waals surface area contributed by atoms with Crippen molar-refractivity contribution >= 4 is 11.7 Å². The number of nitrogens with one attached hydrogen (secondary N) is 1. The Morgan fingerprint density at radius 1 is 1.03 bits per heavy atom. The van der Waals surface area contributed by atoms with Crippen LogP contribution < -0.4 is 19.7 Å². The van der Waals surface area contributed by atoms with Gasteiger partial charge in [-0.2, -0.15) is 0 Å². The third-order valence-corrected chi connectivity index (χ3v) is 6.37. The Bertz CT molecular complexity index is 965. The van der Waals surface area contributed by atoms with Crippen molar-refractivity contribution < 1.29 is 14.3 Å². The van der Waals surface area contributed by atoms with E-state index in [4.69, 9.17) is 9.47 Å². The van der Waals surface area contributed by atoms with Gasteiger partial charge < -0.3 is 29.5 Å². The molecule has 1 N–H and O–H groups in total. The molecule has 1 fully saturated rings. The molecule has 2 heterocycles. The fourth-order valence-corrected chi connectivity index (χ4v) is 4.65. The van der Waals surface area contributed by atoms with E-state index in [1.807, 2.05) is 70.0 Å². The number of nitrogens with zero attached hydrogens (tertiary/aromatic N) is 4. The van der Waals surface area contributed by atoms with Crippen molar-refractivity contribution in [2.24, 2.45) is 0 Å². The van der Waals surface area contributed by atoms with E-state index < -0.39 is 0 Å². The molecule has 0 atom stereocenters. The summed E-state index contributed by atoms with van der Waals surface area (Å²) in [5, 5.41) is 3.55. The van der Waals surface area contributed by atoms with Crippen LogP contribution in [-0.4, -0.2) is 79.2 Å². The lowest BCUT2D eigenvalue weighted by Crippen LogP contribution is -2.45. The summed E-state index contributed by atoms with van der Waals surface area (Å²) in [5.41, 5.74) is 2.29. The average Bonchev–Trinajstić information content (AvgIpc) is 2.84. The van der Waals surface area contributed by atoms with E-state index in [1.165, 1.54) is 5.56 Å². The molecule has 1 saturated heterocycles. The Morgan fingerprint density at radius 2 is 1.75 bits per heavy atom. The van der Waals surface area contributed by atoms with Gasteiger partial charge in [0.05, 0.1) is 6.61 Å². The number of anilines is 1. The summed E-state index contributed by atoms with van der Waals surface area (Å²) >= 11 is 0. The minimum absolute atomic E-state index is 0.00982. The zero-order chi connectivity index (χ0) is 26.1. The van der Waals surface area contributed by atoms with Crippen molar-refractivity contribution in [3.8, 4) is 11.5 Å². The molecule has 0 unspecified atom stereocenters. The molecule has 0 aliphatic carbocycles. The average molecular weight is 498 g/mol. The molecule has 36 heavy (non-hydrogen) atoms. The second kappa shape index (κ2) is 13.5. The van der Waals surface area contributed by atoms with Crippen molar-refractivity contribution in [2.75, 3.05) is 51.3 Å². The van der Waals surface area contributed by atoms with Crippen LogP contribution in [0, 0.1) is 0 Å². The van der Waals surface area contributed by atoms with Gasteiger partial charge >= 0.3 is 0 Å². The van der Waals surface area contributed by atoms with E-state index >= 15 is 0 Å². The van der Waals surface area contributed by atoms with Gasteiger partial charge in [-0.1, -0.05) is 12.1 Å². The van der Waals surface area contributed by atoms with Gasteiger partial charge in [0.2, 0.25) is 0 Å². The summed E-state index contributed by atoms with van der Waals surface area (Å²) in [7, 11) is 2.16. The molecule has 8 heteroatoms. The fourth-order valence-electron chi connectivity index (χ4n) is 4.65. The zero-order valence-electron chi connectivity index (χ0n) is 22.8. The molecule has 0 spiro atoms. The minimum atomic E-state index is -0.0270. The van der Waals surface area contributed by atoms with Gasteiger partial charge in [-0.25, -0.2) is 4.98 Å². The topological polar surface area (TPSA) is 70.2 Å². The van der Waals surface area contributed by atoms with E-state index in [0.29, 0.717) is 24.7 Å². The molecule has 8 nitrogen and oxygen atoms in total. The van der Waals surface area contributed by atoms with Crippen LogP contribution in [0.1, 0.15) is 45.7 Å². The first-order chi connectivity index (χ1) is 17.3. The van der Waals surface area contributed by atoms with E-state index in [1.54, 1.807) is 0 Å². The van der Waals surface area contributed by atoms with Crippen LogP contribution in [-0.2, 0) is 17.9 Å². The molecule has 0 saturated carbocycles. The van der Waals surface area contributed by atoms with Crippen molar-refractivity contribution in [2.45, 2.75) is 59.8 Å². The Hall–Kier alpha value is -2.84. The summed E-state index contributed by atoms with van der Waals surface area (Å²) < 4.78 is 11.7. The Morgan fingerprint density at radius 3 is 2.42 bits per heavy atom. The monoisotopic (exact) mass is 497 g/mol. The molecule has 1 amide bonds. The predicted molar refractivity (Wildman–Crippen MR) is 145 cm³/mol. The highest BCUT2D eigenvalue weighted by Gasteiger charge is 2.21. The number of hydrogen-bond acceptors (Lipinski definition) is 7. The highest BCUT2D eigenvalue weighted by molar-refractivity contribution is 5.78. The standard InChI is InChI=1S/C28H43N5O3/c1-7-35-26-17-23(10-11-25(26)36-20-27(34)33(21(2)3)22(4)5)18-29-19-24-9-8-12-30-28(24)32-15-13-31(6)14-16-32/h8-12,17,21-22,29H,7,13-16,18-20H2,1-6H3. The number of carbonyl (C=O) groups excluding carboxylic acids is 1. The lowest BCUT2D eigenvalue weighted by atomic mass is 10.1. The normalized spacial score (nSPS) is 14.4. The van der Waals surface area contributed by atoms with Crippen LogP contribution in [0.5, 0.6) is 11.5 Å². The van der Waals surface area contributed by atoms with Gasteiger partial charge in [0.1, 0.15) is 5.82 Å².